The van der Waals surface area contributed by atoms with Crippen LogP contribution in [0, 0.1) is 6.92 Å². The second-order valence-corrected chi connectivity index (χ2v) is 8.16. The van der Waals surface area contributed by atoms with Gasteiger partial charge in [-0.3, -0.25) is 0 Å². The van der Waals surface area contributed by atoms with E-state index < -0.39 is 16.1 Å². The molecule has 0 radical (unpaired) electrons. The van der Waals surface area contributed by atoms with E-state index in [1.807, 2.05) is 6.92 Å². The monoisotopic (exact) mass is 436 g/mol. The van der Waals surface area contributed by atoms with E-state index in [0.717, 1.165) is 5.56 Å². The number of para-hydroxylation sites is 1. The Bertz CT molecular complexity index is 1350. The SMILES string of the molecule is Cc1ccc(S(=O)(=O)Oc2ccc(-c3nnnn3-c3ccccc3C(=O)O)cc2)cc1. The summed E-state index contributed by atoms with van der Waals surface area (Å²) in [6, 6.07) is 18.8. The summed E-state index contributed by atoms with van der Waals surface area (Å²) in [5, 5.41) is 20.9. The normalized spacial score (nSPS) is 11.3. The van der Waals surface area contributed by atoms with Crippen molar-refractivity contribution in [1.82, 2.24) is 20.2 Å². The van der Waals surface area contributed by atoms with Crippen LogP contribution in [0.4, 0.5) is 0 Å². The van der Waals surface area contributed by atoms with Crippen molar-refractivity contribution in [2.24, 2.45) is 0 Å². The summed E-state index contributed by atoms with van der Waals surface area (Å²) in [5.74, 6) is -0.696. The average molecular weight is 436 g/mol. The number of hydrogen-bond acceptors (Lipinski definition) is 7. The van der Waals surface area contributed by atoms with Gasteiger partial charge in [0.25, 0.3) is 0 Å². The molecule has 4 rings (SSSR count). The van der Waals surface area contributed by atoms with Gasteiger partial charge in [-0.05, 0) is 65.9 Å². The molecule has 0 unspecified atom stereocenters. The molecule has 0 saturated heterocycles. The predicted octanol–water partition coefficient (Wildman–Crippen LogP) is 3.10. The van der Waals surface area contributed by atoms with Crippen molar-refractivity contribution in [3.05, 3.63) is 83.9 Å². The van der Waals surface area contributed by atoms with E-state index in [-0.39, 0.29) is 16.2 Å². The van der Waals surface area contributed by atoms with Crippen LogP contribution in [0.15, 0.2) is 77.7 Å². The molecule has 31 heavy (non-hydrogen) atoms. The highest BCUT2D eigenvalue weighted by Crippen LogP contribution is 2.25. The third kappa shape index (κ3) is 4.14. The Hall–Kier alpha value is -4.05. The van der Waals surface area contributed by atoms with Crippen molar-refractivity contribution < 1.29 is 22.5 Å². The van der Waals surface area contributed by atoms with Gasteiger partial charge in [-0.2, -0.15) is 13.1 Å². The molecular formula is C21H16N4O5S. The third-order valence-electron chi connectivity index (χ3n) is 4.46. The zero-order chi connectivity index (χ0) is 22.0. The smallest absolute Gasteiger partial charge is 0.339 e. The number of tetrazole rings is 1. The first kappa shape index (κ1) is 20.2. The van der Waals surface area contributed by atoms with Crippen molar-refractivity contribution in [3.8, 4) is 22.8 Å². The van der Waals surface area contributed by atoms with Crippen molar-refractivity contribution >= 4 is 16.1 Å². The molecule has 4 aromatic rings. The number of hydrogen-bond donors (Lipinski definition) is 1. The quantitative estimate of drug-likeness (QED) is 0.457. The molecule has 0 aliphatic rings. The number of benzene rings is 3. The fraction of sp³-hybridized carbons (Fsp3) is 0.0476. The maximum atomic E-state index is 12.5. The largest absolute Gasteiger partial charge is 0.478 e. The van der Waals surface area contributed by atoms with Gasteiger partial charge in [-0.25, -0.2) is 4.79 Å². The van der Waals surface area contributed by atoms with Crippen LogP contribution in [0.25, 0.3) is 17.1 Å². The summed E-state index contributed by atoms with van der Waals surface area (Å²) in [7, 11) is -3.97. The molecule has 0 bridgehead atoms. The second kappa shape index (κ2) is 8.00. The number of carboxylic acids is 1. The van der Waals surface area contributed by atoms with E-state index in [0.29, 0.717) is 17.1 Å². The number of aromatic nitrogens is 4. The number of rotatable bonds is 6. The molecule has 0 atom stereocenters. The van der Waals surface area contributed by atoms with E-state index in [1.54, 1.807) is 42.5 Å². The summed E-state index contributed by atoms with van der Waals surface area (Å²) in [6.07, 6.45) is 0. The molecule has 156 valence electrons. The van der Waals surface area contributed by atoms with Gasteiger partial charge in [0.1, 0.15) is 10.6 Å². The summed E-state index contributed by atoms with van der Waals surface area (Å²) in [4.78, 5) is 11.6. The van der Waals surface area contributed by atoms with Gasteiger partial charge in [-0.1, -0.05) is 29.8 Å². The molecule has 0 aliphatic heterocycles. The zero-order valence-electron chi connectivity index (χ0n) is 16.2. The lowest BCUT2D eigenvalue weighted by Crippen LogP contribution is -2.10. The lowest BCUT2D eigenvalue weighted by molar-refractivity contribution is 0.0696. The minimum atomic E-state index is -3.97. The Balaban J connectivity index is 1.63. The van der Waals surface area contributed by atoms with Gasteiger partial charge in [0.05, 0.1) is 11.3 Å². The van der Waals surface area contributed by atoms with E-state index in [9.17, 15) is 18.3 Å². The molecular weight excluding hydrogens is 420 g/mol. The number of aromatic carboxylic acids is 1. The number of carbonyl (C=O) groups is 1. The molecule has 0 spiro atoms. The zero-order valence-corrected chi connectivity index (χ0v) is 17.0. The Morgan fingerprint density at radius 3 is 2.32 bits per heavy atom. The topological polar surface area (TPSA) is 124 Å². The van der Waals surface area contributed by atoms with Crippen LogP contribution < -0.4 is 4.18 Å². The average Bonchev–Trinajstić information content (AvgIpc) is 3.24. The van der Waals surface area contributed by atoms with Gasteiger partial charge in [-0.15, -0.1) is 5.10 Å². The minimum absolute atomic E-state index is 0.0418. The first-order valence-corrected chi connectivity index (χ1v) is 10.5. The van der Waals surface area contributed by atoms with Gasteiger partial charge >= 0.3 is 16.1 Å². The molecule has 0 amide bonds. The van der Waals surface area contributed by atoms with Gasteiger partial charge in [0.2, 0.25) is 0 Å². The molecule has 9 nitrogen and oxygen atoms in total. The van der Waals surface area contributed by atoms with Crippen LogP contribution >= 0.6 is 0 Å². The molecule has 0 fully saturated rings. The molecule has 0 aliphatic carbocycles. The predicted molar refractivity (Wildman–Crippen MR) is 111 cm³/mol. The van der Waals surface area contributed by atoms with Crippen LogP contribution in [0.2, 0.25) is 0 Å². The van der Waals surface area contributed by atoms with Gasteiger partial charge in [0, 0.05) is 5.56 Å². The lowest BCUT2D eigenvalue weighted by Gasteiger charge is -2.09. The number of nitrogens with zero attached hydrogens (tertiary/aromatic N) is 4. The molecule has 1 aromatic heterocycles. The van der Waals surface area contributed by atoms with Crippen molar-refractivity contribution in [1.29, 1.82) is 0 Å². The summed E-state index contributed by atoms with van der Waals surface area (Å²) < 4.78 is 31.4. The van der Waals surface area contributed by atoms with E-state index in [4.69, 9.17) is 4.18 Å². The van der Waals surface area contributed by atoms with Crippen molar-refractivity contribution in [2.75, 3.05) is 0 Å². The highest BCUT2D eigenvalue weighted by Gasteiger charge is 2.19. The van der Waals surface area contributed by atoms with Crippen molar-refractivity contribution in [3.63, 3.8) is 0 Å². The summed E-state index contributed by atoms with van der Waals surface area (Å²) in [6.45, 7) is 1.86. The molecule has 3 aromatic carbocycles. The Morgan fingerprint density at radius 2 is 1.65 bits per heavy atom. The molecule has 10 heteroatoms. The van der Waals surface area contributed by atoms with Gasteiger partial charge in [0.15, 0.2) is 5.82 Å². The van der Waals surface area contributed by atoms with Crippen LogP contribution in [-0.2, 0) is 10.1 Å². The van der Waals surface area contributed by atoms with Crippen LogP contribution in [0.5, 0.6) is 5.75 Å². The Morgan fingerprint density at radius 1 is 0.968 bits per heavy atom. The number of aryl methyl sites for hydroxylation is 1. The summed E-state index contributed by atoms with van der Waals surface area (Å²) >= 11 is 0. The van der Waals surface area contributed by atoms with E-state index in [2.05, 4.69) is 15.5 Å². The Labute approximate surface area is 177 Å². The van der Waals surface area contributed by atoms with Crippen LogP contribution in [0.1, 0.15) is 15.9 Å². The Kier molecular flexibility index (Phi) is 5.22. The first-order valence-electron chi connectivity index (χ1n) is 9.08. The van der Waals surface area contributed by atoms with Crippen LogP contribution in [-0.4, -0.2) is 39.7 Å². The minimum Gasteiger partial charge on any atom is -0.478 e. The van der Waals surface area contributed by atoms with Crippen molar-refractivity contribution in [2.45, 2.75) is 11.8 Å². The fourth-order valence-electron chi connectivity index (χ4n) is 2.91. The second-order valence-electron chi connectivity index (χ2n) is 6.61. The molecule has 1 heterocycles. The fourth-order valence-corrected chi connectivity index (χ4v) is 3.84. The molecule has 0 saturated carbocycles. The van der Waals surface area contributed by atoms with E-state index >= 15 is 0 Å². The third-order valence-corrected chi connectivity index (χ3v) is 5.72. The molecule has 1 N–H and O–H groups in total. The maximum Gasteiger partial charge on any atom is 0.339 e. The summed E-state index contributed by atoms with van der Waals surface area (Å²) in [5.41, 5.74) is 1.83. The number of carboxylic acid groups (broad SMARTS) is 1. The van der Waals surface area contributed by atoms with Gasteiger partial charge < -0.3 is 9.29 Å². The first-order chi connectivity index (χ1) is 14.8. The highest BCUT2D eigenvalue weighted by molar-refractivity contribution is 7.87. The lowest BCUT2D eigenvalue weighted by atomic mass is 10.1. The highest BCUT2D eigenvalue weighted by atomic mass is 32.2. The van der Waals surface area contributed by atoms with E-state index in [1.165, 1.54) is 35.0 Å². The standard InChI is InChI=1S/C21H16N4O5S/c1-14-6-12-17(13-7-14)31(28,29)30-16-10-8-15(9-11-16)20-22-23-24-25(20)19-5-3-2-4-18(19)21(26)27/h2-13H,1H3,(H,26,27). The maximum absolute atomic E-state index is 12.5. The van der Waals surface area contributed by atoms with Crippen LogP contribution in [0.3, 0.4) is 0 Å².